The second kappa shape index (κ2) is 5.47. The number of aliphatic carboxylic acids is 1. The summed E-state index contributed by atoms with van der Waals surface area (Å²) in [5.41, 5.74) is -0.208. The van der Waals surface area contributed by atoms with Crippen molar-refractivity contribution in [3.63, 3.8) is 0 Å². The van der Waals surface area contributed by atoms with Crippen LogP contribution in [0.1, 0.15) is 26.0 Å². The largest absolute Gasteiger partial charge is 0.481 e. The number of carbonyl (C=O) groups excluding carboxylic acids is 1. The molecule has 0 bridgehead atoms. The van der Waals surface area contributed by atoms with E-state index in [-0.39, 0.29) is 18.9 Å². The van der Waals surface area contributed by atoms with Gasteiger partial charge in [-0.05, 0) is 19.4 Å². The smallest absolute Gasteiger partial charge is 0.311 e. The first-order valence-electron chi connectivity index (χ1n) is 5.46. The van der Waals surface area contributed by atoms with E-state index in [1.54, 1.807) is 26.1 Å². The highest BCUT2D eigenvalue weighted by Crippen LogP contribution is 2.19. The Hall–Kier alpha value is -1.85. The van der Waals surface area contributed by atoms with Crippen molar-refractivity contribution < 1.29 is 14.7 Å². The molecule has 1 aromatic heterocycles. The van der Waals surface area contributed by atoms with Crippen molar-refractivity contribution in [1.29, 1.82) is 0 Å². The minimum atomic E-state index is -0.913. The number of carboxylic acids is 1. The number of carbonyl (C=O) groups is 2. The molecule has 3 N–H and O–H groups in total. The molecule has 0 aliphatic heterocycles. The molecule has 1 atom stereocenters. The van der Waals surface area contributed by atoms with Gasteiger partial charge in [0.05, 0.1) is 11.8 Å². The molecule has 6 heteroatoms. The summed E-state index contributed by atoms with van der Waals surface area (Å²) in [4.78, 5) is 22.6. The first kappa shape index (κ1) is 13.2. The zero-order valence-electron chi connectivity index (χ0n) is 9.99. The van der Waals surface area contributed by atoms with Crippen molar-refractivity contribution in [1.82, 2.24) is 15.5 Å². The normalized spacial score (nSPS) is 14.0. The van der Waals surface area contributed by atoms with Gasteiger partial charge < -0.3 is 10.4 Å². The monoisotopic (exact) mass is 239 g/mol. The van der Waals surface area contributed by atoms with Gasteiger partial charge in [-0.2, -0.15) is 5.10 Å². The van der Waals surface area contributed by atoms with Crippen LogP contribution in [0.2, 0.25) is 0 Å². The lowest BCUT2D eigenvalue weighted by molar-refractivity contribution is -0.148. The van der Waals surface area contributed by atoms with Gasteiger partial charge in [0.1, 0.15) is 0 Å². The van der Waals surface area contributed by atoms with Gasteiger partial charge in [0.15, 0.2) is 0 Å². The Kier molecular flexibility index (Phi) is 4.25. The quantitative estimate of drug-likeness (QED) is 0.676. The number of nitrogens with one attached hydrogen (secondary N) is 2. The van der Waals surface area contributed by atoms with Crippen molar-refractivity contribution in [2.24, 2.45) is 5.41 Å². The van der Waals surface area contributed by atoms with Gasteiger partial charge in [0.2, 0.25) is 5.91 Å². The van der Waals surface area contributed by atoms with Crippen molar-refractivity contribution in [2.75, 3.05) is 6.54 Å². The Morgan fingerprint density at radius 1 is 1.59 bits per heavy atom. The van der Waals surface area contributed by atoms with E-state index >= 15 is 0 Å². The lowest BCUT2D eigenvalue weighted by atomic mass is 9.87. The molecule has 1 aromatic rings. The molecule has 17 heavy (non-hydrogen) atoms. The van der Waals surface area contributed by atoms with Crippen LogP contribution in [0.15, 0.2) is 12.3 Å². The van der Waals surface area contributed by atoms with E-state index in [1.165, 1.54) is 0 Å². The molecule has 0 aromatic carbocycles. The van der Waals surface area contributed by atoms with Crippen molar-refractivity contribution >= 4 is 11.9 Å². The first-order chi connectivity index (χ1) is 7.98. The van der Waals surface area contributed by atoms with Gasteiger partial charge in [-0.25, -0.2) is 0 Å². The highest BCUT2D eigenvalue weighted by Gasteiger charge is 2.31. The standard InChI is InChI=1S/C11H17N3O3/c1-3-11(2,10(16)17)7-12-9(15)6-8-4-5-13-14-8/h4-5H,3,6-7H2,1-2H3,(H,12,15)(H,13,14)(H,16,17). The molecule has 0 aliphatic carbocycles. The summed E-state index contributed by atoms with van der Waals surface area (Å²) in [7, 11) is 0. The molecular weight excluding hydrogens is 222 g/mol. The van der Waals surface area contributed by atoms with Gasteiger partial charge in [0, 0.05) is 18.4 Å². The van der Waals surface area contributed by atoms with Crippen LogP contribution < -0.4 is 5.32 Å². The Labute approximate surface area is 99.4 Å². The molecule has 94 valence electrons. The second-order valence-corrected chi connectivity index (χ2v) is 4.25. The van der Waals surface area contributed by atoms with Crippen LogP contribution in [0.25, 0.3) is 0 Å². The van der Waals surface area contributed by atoms with Gasteiger partial charge in [0.25, 0.3) is 0 Å². The fraction of sp³-hybridized carbons (Fsp3) is 0.545. The zero-order chi connectivity index (χ0) is 12.9. The average molecular weight is 239 g/mol. The van der Waals surface area contributed by atoms with Crippen LogP contribution in [0.4, 0.5) is 0 Å². The van der Waals surface area contributed by atoms with Crippen molar-refractivity contribution in [3.8, 4) is 0 Å². The van der Waals surface area contributed by atoms with Crippen molar-refractivity contribution in [2.45, 2.75) is 26.7 Å². The lowest BCUT2D eigenvalue weighted by Gasteiger charge is -2.23. The van der Waals surface area contributed by atoms with Gasteiger partial charge in [-0.1, -0.05) is 6.92 Å². The molecule has 0 saturated heterocycles. The average Bonchev–Trinajstić information content (AvgIpc) is 2.78. The third-order valence-electron chi connectivity index (χ3n) is 2.88. The summed E-state index contributed by atoms with van der Waals surface area (Å²) in [6.07, 6.45) is 2.21. The van der Waals surface area contributed by atoms with E-state index in [0.717, 1.165) is 0 Å². The van der Waals surface area contributed by atoms with Gasteiger partial charge in [-0.15, -0.1) is 0 Å². The number of hydrogen-bond acceptors (Lipinski definition) is 3. The summed E-state index contributed by atoms with van der Waals surface area (Å²) in [5, 5.41) is 18.1. The predicted molar refractivity (Wildman–Crippen MR) is 61.3 cm³/mol. The summed E-state index contributed by atoms with van der Waals surface area (Å²) < 4.78 is 0. The Bertz CT molecular complexity index is 389. The fourth-order valence-corrected chi connectivity index (χ4v) is 1.26. The Morgan fingerprint density at radius 3 is 2.76 bits per heavy atom. The Balaban J connectivity index is 2.45. The van der Waals surface area contributed by atoms with Crippen LogP contribution in [0.5, 0.6) is 0 Å². The fourth-order valence-electron chi connectivity index (χ4n) is 1.26. The number of aromatic nitrogens is 2. The van der Waals surface area contributed by atoms with E-state index in [9.17, 15) is 9.59 Å². The highest BCUT2D eigenvalue weighted by atomic mass is 16.4. The number of nitrogens with zero attached hydrogens (tertiary/aromatic N) is 1. The number of rotatable bonds is 6. The van der Waals surface area contributed by atoms with Crippen LogP contribution in [0.3, 0.4) is 0 Å². The summed E-state index contributed by atoms with van der Waals surface area (Å²) in [5.74, 6) is -1.11. The van der Waals surface area contributed by atoms with E-state index < -0.39 is 11.4 Å². The molecule has 1 rings (SSSR count). The minimum absolute atomic E-state index is 0.131. The summed E-state index contributed by atoms with van der Waals surface area (Å²) >= 11 is 0. The molecule has 0 saturated carbocycles. The minimum Gasteiger partial charge on any atom is -0.481 e. The highest BCUT2D eigenvalue weighted by molar-refractivity contribution is 5.80. The van der Waals surface area contributed by atoms with Gasteiger partial charge >= 0.3 is 5.97 Å². The molecule has 1 unspecified atom stereocenters. The third-order valence-corrected chi connectivity index (χ3v) is 2.88. The van der Waals surface area contributed by atoms with Crippen LogP contribution in [0, 0.1) is 5.41 Å². The summed E-state index contributed by atoms with van der Waals surface area (Å²) in [6.45, 7) is 3.53. The summed E-state index contributed by atoms with van der Waals surface area (Å²) in [6, 6.07) is 1.70. The van der Waals surface area contributed by atoms with Crippen LogP contribution >= 0.6 is 0 Å². The first-order valence-corrected chi connectivity index (χ1v) is 5.46. The van der Waals surface area contributed by atoms with Gasteiger partial charge in [-0.3, -0.25) is 14.7 Å². The number of aromatic amines is 1. The number of H-pyrrole nitrogens is 1. The number of hydrogen-bond donors (Lipinski definition) is 3. The van der Waals surface area contributed by atoms with E-state index in [2.05, 4.69) is 15.5 Å². The van der Waals surface area contributed by atoms with Crippen LogP contribution in [-0.2, 0) is 16.0 Å². The number of amides is 1. The molecule has 0 spiro atoms. The molecule has 6 nitrogen and oxygen atoms in total. The second-order valence-electron chi connectivity index (χ2n) is 4.25. The lowest BCUT2D eigenvalue weighted by Crippen LogP contribution is -2.41. The molecular formula is C11H17N3O3. The molecule has 0 fully saturated rings. The van der Waals surface area contributed by atoms with Crippen LogP contribution in [-0.4, -0.2) is 33.7 Å². The number of carboxylic acid groups (broad SMARTS) is 1. The Morgan fingerprint density at radius 2 is 2.29 bits per heavy atom. The van der Waals surface area contributed by atoms with E-state index in [1.807, 2.05) is 0 Å². The maximum atomic E-state index is 11.5. The molecule has 1 amide bonds. The maximum absolute atomic E-state index is 11.5. The van der Waals surface area contributed by atoms with E-state index in [0.29, 0.717) is 12.1 Å². The predicted octanol–water partition coefficient (Wildman–Crippen LogP) is 0.569. The topological polar surface area (TPSA) is 95.1 Å². The van der Waals surface area contributed by atoms with Crippen molar-refractivity contribution in [3.05, 3.63) is 18.0 Å². The SMILES string of the molecule is CCC(C)(CNC(=O)Cc1ccn[nH]1)C(=O)O. The maximum Gasteiger partial charge on any atom is 0.311 e. The van der Waals surface area contributed by atoms with E-state index in [4.69, 9.17) is 5.11 Å². The molecule has 1 heterocycles. The zero-order valence-corrected chi connectivity index (χ0v) is 9.99. The molecule has 0 radical (unpaired) electrons. The molecule has 0 aliphatic rings. The third kappa shape index (κ3) is 3.58.